The molecule has 1 aliphatic heterocycles. The minimum Gasteiger partial charge on any atom is -0.445 e. The van der Waals surface area contributed by atoms with Crippen molar-refractivity contribution in [1.29, 1.82) is 0 Å². The summed E-state index contributed by atoms with van der Waals surface area (Å²) < 4.78 is 72.2. The first-order valence-corrected chi connectivity index (χ1v) is 44.4. The van der Waals surface area contributed by atoms with Crippen molar-refractivity contribution in [1.82, 2.24) is 20.9 Å². The Labute approximate surface area is 688 Å². The summed E-state index contributed by atoms with van der Waals surface area (Å²) >= 11 is 0. The molecular formula is C102H74N4O16. The van der Waals surface area contributed by atoms with Gasteiger partial charge >= 0.3 is 6.09 Å². The largest absolute Gasteiger partial charge is 0.445 e. The van der Waals surface area contributed by atoms with E-state index >= 15 is 0 Å². The molecule has 598 valence electrons. The smallest absolute Gasteiger partial charge is 0.408 e. The standard InChI is InChI=1S/C102H74N4O16/c1-110-13-14-112-17-18-114-21-22-116-25-26-118-29-30-120-33-34-121-32-31-119-28-27-117-24-23-115-20-19-113-16-15-111-12-10-104-99(108)39(105-100(109)122-35-38-5-3-2-4-6-38)7-8-40(107)103-9-11-106-36-101-95-87-79-69-59-51-43-41-42-45-49-47(43)55-63-57(49)67-61-53(45)54-46(42)50-48-44(41)52(51)60-66-56(48)64-58(50)68-62(54)72-71(61)81-75(67)85-77(63)83(73(79)65(55)59)91(95)93(85)97-89(81)90-82(72)76(68)86-78(64)84-74(66)80(70(60)69)88(87)96(101)92(84)94(86)98(90)102(97,101)37-106/h2-6,39H,7-37H2,1H3,(H,103,107)(H,104,108)(H,105,109)/t39-,101?,102?/m0/s1. The van der Waals surface area contributed by atoms with Crippen LogP contribution in [-0.4, -0.2) is 221 Å². The third-order valence-electron chi connectivity index (χ3n) is 32.5. The van der Waals surface area contributed by atoms with E-state index in [2.05, 4.69) is 20.9 Å². The van der Waals surface area contributed by atoms with Crippen molar-refractivity contribution >= 4 is 309 Å². The number of rotatable bonds is 46. The molecular weight excluding hydrogens is 1540 g/mol. The zero-order valence-electron chi connectivity index (χ0n) is 66.9. The molecule has 0 unspecified atom stereocenters. The number of amides is 3. The molecule has 4 aliphatic carbocycles. The lowest BCUT2D eigenvalue weighted by Gasteiger charge is -2.49. The van der Waals surface area contributed by atoms with E-state index < -0.39 is 28.9 Å². The van der Waals surface area contributed by atoms with Gasteiger partial charge in [-0.05, 0) is 325 Å². The van der Waals surface area contributed by atoms with E-state index in [9.17, 15) is 14.4 Å². The van der Waals surface area contributed by atoms with Crippen LogP contribution in [0.5, 0.6) is 0 Å². The van der Waals surface area contributed by atoms with Gasteiger partial charge in [0.15, 0.2) is 0 Å². The van der Waals surface area contributed by atoms with Gasteiger partial charge in [-0.3, -0.25) is 14.5 Å². The summed E-state index contributed by atoms with van der Waals surface area (Å²) in [7, 11) is 1.65. The van der Waals surface area contributed by atoms with Crippen LogP contribution < -0.4 is 16.0 Å². The Morgan fingerprint density at radius 2 is 0.541 bits per heavy atom. The summed E-state index contributed by atoms with van der Waals surface area (Å²) in [5.74, 6) is -0.587. The lowest BCUT2D eigenvalue weighted by atomic mass is 9.50. The van der Waals surface area contributed by atoms with Crippen LogP contribution in [0.2, 0.25) is 0 Å². The molecule has 122 heavy (non-hydrogen) atoms. The van der Waals surface area contributed by atoms with Crippen LogP contribution in [0.3, 0.4) is 0 Å². The van der Waals surface area contributed by atoms with E-state index in [4.69, 9.17) is 61.6 Å². The van der Waals surface area contributed by atoms with Crippen molar-refractivity contribution < 1.29 is 76.0 Å². The molecule has 5 aliphatic rings. The number of carbonyl (C=O) groups excluding carboxylic acids is 3. The average molecular weight is 1610 g/mol. The number of hydrogen-bond acceptors (Lipinski definition) is 17. The monoisotopic (exact) mass is 1610 g/mol. The fraction of sp³-hybridized carbons (Fsp3) is 0.343. The molecule has 34 rings (SSSR count). The third kappa shape index (κ3) is 6.56. The first kappa shape index (κ1) is 66.0. The van der Waals surface area contributed by atoms with Crippen LogP contribution in [0.25, 0.3) is 291 Å². The van der Waals surface area contributed by atoms with Gasteiger partial charge in [0, 0.05) is 46.3 Å². The average Bonchev–Trinajstić information content (AvgIpc) is 1.38. The number of carbonyl (C=O) groups is 3. The Kier molecular flexibility index (Phi) is 11.9. The van der Waals surface area contributed by atoms with E-state index in [0.717, 1.165) is 18.7 Å². The van der Waals surface area contributed by atoms with Gasteiger partial charge in [0.2, 0.25) is 11.8 Å². The van der Waals surface area contributed by atoms with Crippen LogP contribution in [0.1, 0.15) is 40.7 Å². The molecule has 0 bridgehead atoms. The molecule has 0 saturated carbocycles. The highest BCUT2D eigenvalue weighted by molar-refractivity contribution is 6.82. The van der Waals surface area contributed by atoms with Crippen LogP contribution in [0, 0.1) is 0 Å². The number of nitrogens with one attached hydrogen (secondary N) is 3. The van der Waals surface area contributed by atoms with Gasteiger partial charge in [-0.15, -0.1) is 0 Å². The molecule has 29 aromatic rings. The first-order chi connectivity index (χ1) is 60.5. The van der Waals surface area contributed by atoms with Crippen molar-refractivity contribution in [2.45, 2.75) is 36.3 Å². The highest BCUT2D eigenvalue weighted by Crippen LogP contribution is 2.85. The topological polar surface area (TPSA) is 211 Å². The number of nitrogens with zero attached hydrogens (tertiary/aromatic N) is 1. The van der Waals surface area contributed by atoms with Gasteiger partial charge in [0.1, 0.15) is 12.6 Å². The molecule has 0 aromatic heterocycles. The van der Waals surface area contributed by atoms with Gasteiger partial charge in [-0.25, -0.2) is 4.79 Å². The molecule has 1 atom stereocenters. The van der Waals surface area contributed by atoms with Crippen LogP contribution in [0.15, 0.2) is 30.3 Å². The van der Waals surface area contributed by atoms with E-state index in [1.165, 1.54) is 0 Å². The number of benzene rings is 19. The number of alkyl carbamates (subject to hydrolysis) is 1. The molecule has 1 heterocycles. The second kappa shape index (κ2) is 21.9. The Morgan fingerprint density at radius 3 is 0.795 bits per heavy atom. The molecule has 0 radical (unpaired) electrons. The number of hydrogen-bond donors (Lipinski definition) is 3. The van der Waals surface area contributed by atoms with E-state index in [1.54, 1.807) is 320 Å². The third-order valence-corrected chi connectivity index (χ3v) is 32.5. The van der Waals surface area contributed by atoms with Crippen molar-refractivity contribution in [3.8, 4) is 0 Å². The molecule has 2 spiro atoms. The quantitative estimate of drug-likeness (QED) is 0.0239. The lowest BCUT2D eigenvalue weighted by Crippen LogP contribution is -2.51. The maximum Gasteiger partial charge on any atom is 0.408 e. The molecule has 3 amide bonds. The maximum absolute atomic E-state index is 14.7. The fourth-order valence-corrected chi connectivity index (χ4v) is 29.7. The predicted molar refractivity (Wildman–Crippen MR) is 480 cm³/mol. The lowest BCUT2D eigenvalue weighted by molar-refractivity contribution is -0.124. The SMILES string of the molecule is COCCOCCOCCOCCOCCOCCOCCOCCOCCOCCOCCOCCNC(=O)[C@H](CCC(=O)NCCN1CC23c4c5c6c7c8c9c(c%10c%11c2c2c4c4c%12c5c5c6c6c8c8c%13c9c9c%10c%10c%11c%11c2c2c4c4c%12c%12c5c5c6c8c6c8c%13c9c9c%10c%10c%11c2c2c4c4c%12c5c6c5c8c9c%10c2c45)C73C1)NC(=O)OCc1ccccc1. The number of ether oxygens (including phenoxy) is 13. The van der Waals surface area contributed by atoms with Crippen molar-refractivity contribution in [3.63, 3.8) is 0 Å². The Balaban J connectivity index is 0.367. The van der Waals surface area contributed by atoms with Crippen LogP contribution in [-0.2, 0) is 88.6 Å². The molecule has 29 aromatic carbocycles. The number of methoxy groups -OCH3 is 1. The molecule has 1 saturated heterocycles. The minimum atomic E-state index is -1.04. The zero-order chi connectivity index (χ0) is 78.7. The second-order valence-corrected chi connectivity index (χ2v) is 36.9. The summed E-state index contributed by atoms with van der Waals surface area (Å²) in [6, 6.07) is 8.42. The summed E-state index contributed by atoms with van der Waals surface area (Å²) in [4.78, 5) is 45.3. The van der Waals surface area contributed by atoms with E-state index in [-0.39, 0.29) is 38.5 Å². The zero-order valence-corrected chi connectivity index (χ0v) is 66.9. The highest BCUT2D eigenvalue weighted by Gasteiger charge is 2.73. The first-order valence-electron chi connectivity index (χ1n) is 44.4. The molecule has 20 nitrogen and oxygen atoms in total. The molecule has 1 fully saturated rings. The molecule has 20 heteroatoms. The van der Waals surface area contributed by atoms with E-state index in [1.807, 2.05) is 30.3 Å². The summed E-state index contributed by atoms with van der Waals surface area (Å²) in [5, 5.41) is 95.2. The van der Waals surface area contributed by atoms with Crippen molar-refractivity contribution in [2.24, 2.45) is 0 Å². The van der Waals surface area contributed by atoms with Gasteiger partial charge in [-0.1, -0.05) is 30.3 Å². The Morgan fingerprint density at radius 1 is 0.303 bits per heavy atom. The fourth-order valence-electron chi connectivity index (χ4n) is 29.7. The second-order valence-electron chi connectivity index (χ2n) is 36.9. The van der Waals surface area contributed by atoms with Gasteiger partial charge < -0.3 is 77.5 Å². The summed E-state index contributed by atoms with van der Waals surface area (Å²) in [6.45, 7) is 13.6. The number of likely N-dealkylation sites (tertiary alicyclic amines) is 1. The predicted octanol–water partition coefficient (Wildman–Crippen LogP) is 16.7. The van der Waals surface area contributed by atoms with Crippen molar-refractivity contribution in [3.05, 3.63) is 58.1 Å². The van der Waals surface area contributed by atoms with Gasteiger partial charge in [0.05, 0.1) is 163 Å². The van der Waals surface area contributed by atoms with Crippen molar-refractivity contribution in [2.75, 3.05) is 192 Å². The Hall–Kier alpha value is -10.6. The highest BCUT2D eigenvalue weighted by atomic mass is 16.6. The summed E-state index contributed by atoms with van der Waals surface area (Å²) in [5.41, 5.74) is 6.62. The van der Waals surface area contributed by atoms with E-state index in [0.29, 0.717) is 158 Å². The normalized spacial score (nSPS) is 18.3. The maximum atomic E-state index is 14.7. The van der Waals surface area contributed by atoms with Crippen LogP contribution in [0.4, 0.5) is 4.79 Å². The summed E-state index contributed by atoms with van der Waals surface area (Å²) in [6.07, 6.45) is -0.647. The molecule has 3 N–H and O–H groups in total. The van der Waals surface area contributed by atoms with Gasteiger partial charge in [-0.2, -0.15) is 0 Å². The Bertz CT molecular complexity index is 8180. The van der Waals surface area contributed by atoms with Gasteiger partial charge in [0.25, 0.3) is 0 Å². The van der Waals surface area contributed by atoms with Crippen LogP contribution >= 0.6 is 0 Å². The minimum absolute atomic E-state index is 0.0180.